The van der Waals surface area contributed by atoms with Crippen LogP contribution in [0.15, 0.2) is 0 Å². The molecule has 0 radical (unpaired) electrons. The molecule has 0 saturated heterocycles. The molecule has 0 aromatic rings. The first-order valence-electron chi connectivity index (χ1n) is 6.52. The van der Waals surface area contributed by atoms with Gasteiger partial charge in [0.25, 0.3) is 0 Å². The highest BCUT2D eigenvalue weighted by Crippen LogP contribution is 2.14. The Morgan fingerprint density at radius 2 is 1.80 bits per heavy atom. The van der Waals surface area contributed by atoms with E-state index >= 15 is 0 Å². The van der Waals surface area contributed by atoms with E-state index in [9.17, 15) is 0 Å². The van der Waals surface area contributed by atoms with Crippen molar-refractivity contribution in [1.82, 2.24) is 0 Å². The quantitative estimate of drug-likeness (QED) is 0.640. The van der Waals surface area contributed by atoms with E-state index in [4.69, 9.17) is 10.5 Å². The van der Waals surface area contributed by atoms with Gasteiger partial charge in [0.1, 0.15) is 0 Å². The Kier molecular flexibility index (Phi) is 9.12. The topological polar surface area (TPSA) is 35.2 Å². The van der Waals surface area contributed by atoms with Crippen molar-refractivity contribution >= 4 is 0 Å². The molecule has 2 N–H and O–H groups in total. The van der Waals surface area contributed by atoms with Crippen LogP contribution in [0.5, 0.6) is 0 Å². The summed E-state index contributed by atoms with van der Waals surface area (Å²) in [6.45, 7) is 9.56. The second kappa shape index (κ2) is 9.17. The molecule has 0 aromatic carbocycles. The smallest absolute Gasteiger partial charge is 0.0697 e. The second-order valence-corrected chi connectivity index (χ2v) is 4.53. The summed E-state index contributed by atoms with van der Waals surface area (Å²) in [7, 11) is 0. The van der Waals surface area contributed by atoms with Crippen molar-refractivity contribution in [2.45, 2.75) is 71.9 Å². The van der Waals surface area contributed by atoms with Crippen LogP contribution in [0.4, 0.5) is 0 Å². The highest BCUT2D eigenvalue weighted by Gasteiger charge is 2.13. The normalized spacial score (nSPS) is 17.4. The summed E-state index contributed by atoms with van der Waals surface area (Å²) in [5, 5.41) is 0. The van der Waals surface area contributed by atoms with Gasteiger partial charge in [-0.25, -0.2) is 0 Å². The Morgan fingerprint density at radius 3 is 2.27 bits per heavy atom. The Bertz CT molecular complexity index is 138. The average molecular weight is 215 g/mol. The third-order valence-corrected chi connectivity index (χ3v) is 3.21. The van der Waals surface area contributed by atoms with Crippen molar-refractivity contribution < 1.29 is 4.74 Å². The largest absolute Gasteiger partial charge is 0.377 e. The van der Waals surface area contributed by atoms with Crippen LogP contribution in [0, 0.1) is 5.92 Å². The summed E-state index contributed by atoms with van der Waals surface area (Å²) in [5.41, 5.74) is 5.92. The Balaban J connectivity index is 3.69. The maximum absolute atomic E-state index is 5.92. The number of nitrogens with two attached hydrogens (primary N) is 1. The van der Waals surface area contributed by atoms with Crippen molar-refractivity contribution in [3.8, 4) is 0 Å². The van der Waals surface area contributed by atoms with Gasteiger partial charge >= 0.3 is 0 Å². The molecule has 0 bridgehead atoms. The molecule has 0 aromatic heterocycles. The van der Waals surface area contributed by atoms with Gasteiger partial charge < -0.3 is 10.5 Å². The highest BCUT2D eigenvalue weighted by atomic mass is 16.5. The number of rotatable bonds is 9. The molecule has 92 valence electrons. The summed E-state index contributed by atoms with van der Waals surface area (Å²) >= 11 is 0. The molecule has 0 fully saturated rings. The van der Waals surface area contributed by atoms with Gasteiger partial charge in [-0.05, 0) is 25.7 Å². The van der Waals surface area contributed by atoms with Gasteiger partial charge in [0.05, 0.1) is 6.10 Å². The Labute approximate surface area is 95.6 Å². The van der Waals surface area contributed by atoms with Crippen LogP contribution in [0.2, 0.25) is 0 Å². The lowest BCUT2D eigenvalue weighted by atomic mass is 10.0. The molecule has 3 atom stereocenters. The van der Waals surface area contributed by atoms with Crippen LogP contribution >= 0.6 is 0 Å². The first-order valence-corrected chi connectivity index (χ1v) is 6.52. The molecule has 0 aliphatic heterocycles. The lowest BCUT2D eigenvalue weighted by molar-refractivity contribution is 0.0214. The van der Waals surface area contributed by atoms with Gasteiger partial charge in [-0.2, -0.15) is 0 Å². The van der Waals surface area contributed by atoms with Crippen LogP contribution in [0.25, 0.3) is 0 Å². The molecule has 0 spiro atoms. The van der Waals surface area contributed by atoms with Gasteiger partial charge in [0.2, 0.25) is 0 Å². The second-order valence-electron chi connectivity index (χ2n) is 4.53. The lowest BCUT2D eigenvalue weighted by Gasteiger charge is -2.22. The summed E-state index contributed by atoms with van der Waals surface area (Å²) < 4.78 is 5.82. The molecule has 0 aliphatic carbocycles. The van der Waals surface area contributed by atoms with Gasteiger partial charge in [0, 0.05) is 12.6 Å². The SMILES string of the molecule is CCCCC(CC)COC(C)C(N)CC. The number of hydrogen-bond acceptors (Lipinski definition) is 2. The molecule has 3 unspecified atom stereocenters. The van der Waals surface area contributed by atoms with Gasteiger partial charge in [0.15, 0.2) is 0 Å². The summed E-state index contributed by atoms with van der Waals surface area (Å²) in [6, 6.07) is 0.189. The van der Waals surface area contributed by atoms with Gasteiger partial charge in [-0.3, -0.25) is 0 Å². The minimum atomic E-state index is 0.189. The Morgan fingerprint density at radius 1 is 1.13 bits per heavy atom. The van der Waals surface area contributed by atoms with E-state index in [1.165, 1.54) is 25.7 Å². The molecular weight excluding hydrogens is 186 g/mol. The first-order chi connectivity index (χ1) is 7.15. The average Bonchev–Trinajstić information content (AvgIpc) is 2.27. The van der Waals surface area contributed by atoms with Gasteiger partial charge in [-0.15, -0.1) is 0 Å². The zero-order chi connectivity index (χ0) is 11.7. The molecule has 0 rings (SSSR count). The first kappa shape index (κ1) is 14.9. The van der Waals surface area contributed by atoms with Crippen LogP contribution in [-0.2, 0) is 4.74 Å². The minimum absolute atomic E-state index is 0.189. The summed E-state index contributed by atoms with van der Waals surface area (Å²) in [5.74, 6) is 0.719. The maximum Gasteiger partial charge on any atom is 0.0697 e. The Hall–Kier alpha value is -0.0800. The molecule has 0 saturated carbocycles. The fourth-order valence-electron chi connectivity index (χ4n) is 1.64. The van der Waals surface area contributed by atoms with Crippen LogP contribution in [-0.4, -0.2) is 18.8 Å². The molecular formula is C13H29NO. The number of ether oxygens (including phenoxy) is 1. The molecule has 0 heterocycles. The van der Waals surface area contributed by atoms with Crippen molar-refractivity contribution in [2.24, 2.45) is 11.7 Å². The van der Waals surface area contributed by atoms with E-state index in [-0.39, 0.29) is 12.1 Å². The van der Waals surface area contributed by atoms with E-state index < -0.39 is 0 Å². The van der Waals surface area contributed by atoms with Crippen molar-refractivity contribution in [3.63, 3.8) is 0 Å². The van der Waals surface area contributed by atoms with E-state index in [0.717, 1.165) is 18.9 Å². The fourth-order valence-corrected chi connectivity index (χ4v) is 1.64. The zero-order valence-electron chi connectivity index (χ0n) is 11.0. The summed E-state index contributed by atoms with van der Waals surface area (Å²) in [6.07, 6.45) is 6.30. The molecule has 0 aliphatic rings. The van der Waals surface area contributed by atoms with Crippen LogP contribution in [0.3, 0.4) is 0 Å². The number of hydrogen-bond donors (Lipinski definition) is 1. The predicted octanol–water partition coefficient (Wildman–Crippen LogP) is 3.35. The monoisotopic (exact) mass is 215 g/mol. The molecule has 15 heavy (non-hydrogen) atoms. The van der Waals surface area contributed by atoms with E-state index in [1.807, 2.05) is 0 Å². The third kappa shape index (κ3) is 6.91. The number of unbranched alkanes of at least 4 members (excludes halogenated alkanes) is 1. The van der Waals surface area contributed by atoms with Crippen LogP contribution in [0.1, 0.15) is 59.8 Å². The van der Waals surface area contributed by atoms with Crippen molar-refractivity contribution in [1.29, 1.82) is 0 Å². The fraction of sp³-hybridized carbons (Fsp3) is 1.00. The standard InChI is InChI=1S/C13H29NO/c1-5-8-9-12(6-2)10-15-11(4)13(14)7-3/h11-13H,5-10,14H2,1-4H3. The third-order valence-electron chi connectivity index (χ3n) is 3.21. The van der Waals surface area contributed by atoms with Crippen molar-refractivity contribution in [3.05, 3.63) is 0 Å². The van der Waals surface area contributed by atoms with Crippen molar-refractivity contribution in [2.75, 3.05) is 6.61 Å². The maximum atomic E-state index is 5.92. The lowest BCUT2D eigenvalue weighted by Crippen LogP contribution is -2.34. The van der Waals surface area contributed by atoms with E-state index in [1.54, 1.807) is 0 Å². The highest BCUT2D eigenvalue weighted by molar-refractivity contribution is 4.67. The van der Waals surface area contributed by atoms with E-state index in [2.05, 4.69) is 27.7 Å². The van der Waals surface area contributed by atoms with Gasteiger partial charge in [-0.1, -0.05) is 40.0 Å². The predicted molar refractivity (Wildman–Crippen MR) is 67.0 cm³/mol. The van der Waals surface area contributed by atoms with Crippen LogP contribution < -0.4 is 5.73 Å². The zero-order valence-corrected chi connectivity index (χ0v) is 11.0. The van der Waals surface area contributed by atoms with E-state index in [0.29, 0.717) is 0 Å². The molecule has 2 heteroatoms. The summed E-state index contributed by atoms with van der Waals surface area (Å²) in [4.78, 5) is 0. The molecule has 2 nitrogen and oxygen atoms in total. The minimum Gasteiger partial charge on any atom is -0.377 e. The molecule has 0 amide bonds.